The summed E-state index contributed by atoms with van der Waals surface area (Å²) in [4.78, 5) is 26.7. The van der Waals surface area contributed by atoms with E-state index in [0.29, 0.717) is 43.6 Å². The van der Waals surface area contributed by atoms with E-state index in [9.17, 15) is 9.59 Å². The minimum Gasteiger partial charge on any atom is -0.490 e. The minimum atomic E-state index is -0.458. The Hall–Kier alpha value is -1.75. The number of amides is 2. The average molecular weight is 297 g/mol. The van der Waals surface area contributed by atoms with Crippen molar-refractivity contribution < 1.29 is 14.3 Å². The van der Waals surface area contributed by atoms with Gasteiger partial charge in [0.15, 0.2) is 0 Å². The van der Waals surface area contributed by atoms with Gasteiger partial charge in [-0.15, -0.1) is 0 Å². The summed E-state index contributed by atoms with van der Waals surface area (Å²) in [5, 5.41) is 0.533. The van der Waals surface area contributed by atoms with E-state index in [1.807, 2.05) is 19.1 Å². The SMILES string of the molecule is CCN1CCN(CCOc2ccccc2Cl)C(=O)C1=O. The summed E-state index contributed by atoms with van der Waals surface area (Å²) < 4.78 is 5.53. The van der Waals surface area contributed by atoms with E-state index in [-0.39, 0.29) is 0 Å². The third kappa shape index (κ3) is 3.22. The van der Waals surface area contributed by atoms with E-state index in [0.717, 1.165) is 0 Å². The molecule has 0 aliphatic carbocycles. The molecule has 0 unspecified atom stereocenters. The molecule has 2 amide bonds. The summed E-state index contributed by atoms with van der Waals surface area (Å²) in [5.74, 6) is -0.308. The van der Waals surface area contributed by atoms with E-state index in [1.54, 1.807) is 17.0 Å². The Kier molecular flexibility index (Phi) is 4.84. The van der Waals surface area contributed by atoms with Crippen molar-refractivity contribution in [2.45, 2.75) is 6.92 Å². The number of halogens is 1. The summed E-state index contributed by atoms with van der Waals surface area (Å²) in [7, 11) is 0. The second kappa shape index (κ2) is 6.61. The highest BCUT2D eigenvalue weighted by molar-refractivity contribution is 6.35. The number of piperazine rings is 1. The maximum atomic E-state index is 11.9. The molecule has 0 saturated carbocycles. The van der Waals surface area contributed by atoms with Crippen LogP contribution >= 0.6 is 11.6 Å². The molecule has 108 valence electrons. The molecule has 1 aliphatic rings. The lowest BCUT2D eigenvalue weighted by Gasteiger charge is -2.32. The molecule has 5 nitrogen and oxygen atoms in total. The van der Waals surface area contributed by atoms with Crippen molar-refractivity contribution in [3.8, 4) is 5.75 Å². The van der Waals surface area contributed by atoms with Crippen LogP contribution in [0.15, 0.2) is 24.3 Å². The van der Waals surface area contributed by atoms with E-state index in [1.165, 1.54) is 4.90 Å². The molecule has 0 N–H and O–H groups in total. The number of benzene rings is 1. The van der Waals surface area contributed by atoms with Crippen LogP contribution < -0.4 is 4.74 Å². The van der Waals surface area contributed by atoms with E-state index >= 15 is 0 Å². The summed E-state index contributed by atoms with van der Waals surface area (Å²) >= 11 is 5.97. The van der Waals surface area contributed by atoms with Crippen LogP contribution in [0.2, 0.25) is 5.02 Å². The zero-order valence-electron chi connectivity index (χ0n) is 11.3. The number of carbonyl (C=O) groups excluding carboxylic acids is 2. The third-order valence-corrected chi connectivity index (χ3v) is 3.55. The van der Waals surface area contributed by atoms with Gasteiger partial charge in [0.05, 0.1) is 11.6 Å². The first-order valence-electron chi connectivity index (χ1n) is 6.59. The highest BCUT2D eigenvalue weighted by Gasteiger charge is 2.31. The fourth-order valence-electron chi connectivity index (χ4n) is 2.06. The molecule has 6 heteroatoms. The Labute approximate surface area is 123 Å². The molecule has 1 aromatic carbocycles. The van der Waals surface area contributed by atoms with E-state index in [4.69, 9.17) is 16.3 Å². The number of para-hydroxylation sites is 1. The predicted octanol–water partition coefficient (Wildman–Crippen LogP) is 1.41. The molecule has 1 aliphatic heterocycles. The molecule has 2 rings (SSSR count). The second-order valence-electron chi connectivity index (χ2n) is 4.46. The lowest BCUT2D eigenvalue weighted by molar-refractivity contribution is -0.156. The zero-order valence-corrected chi connectivity index (χ0v) is 12.1. The van der Waals surface area contributed by atoms with Crippen LogP contribution in [0.3, 0.4) is 0 Å². The fraction of sp³-hybridized carbons (Fsp3) is 0.429. The second-order valence-corrected chi connectivity index (χ2v) is 4.86. The maximum Gasteiger partial charge on any atom is 0.312 e. The number of hydrogen-bond acceptors (Lipinski definition) is 3. The third-order valence-electron chi connectivity index (χ3n) is 3.23. The number of rotatable bonds is 5. The molecule has 1 heterocycles. The molecule has 0 bridgehead atoms. The van der Waals surface area contributed by atoms with Crippen LogP contribution in [0, 0.1) is 0 Å². The van der Waals surface area contributed by atoms with Gasteiger partial charge in [0, 0.05) is 19.6 Å². The Morgan fingerprint density at radius 3 is 2.50 bits per heavy atom. The molecular formula is C14H17ClN2O3. The van der Waals surface area contributed by atoms with Gasteiger partial charge >= 0.3 is 11.8 Å². The summed E-state index contributed by atoms with van der Waals surface area (Å²) in [5.41, 5.74) is 0. The van der Waals surface area contributed by atoms with Crippen LogP contribution in [-0.2, 0) is 9.59 Å². The van der Waals surface area contributed by atoms with Crippen LogP contribution in [0.4, 0.5) is 0 Å². The monoisotopic (exact) mass is 296 g/mol. The summed E-state index contributed by atoms with van der Waals surface area (Å²) in [6.45, 7) is 4.25. The van der Waals surface area contributed by atoms with Crippen LogP contribution in [0.1, 0.15) is 6.92 Å². The van der Waals surface area contributed by atoms with Crippen molar-refractivity contribution in [2.24, 2.45) is 0 Å². The molecule has 1 aromatic rings. The highest BCUT2D eigenvalue weighted by Crippen LogP contribution is 2.22. The first-order chi connectivity index (χ1) is 9.63. The smallest absolute Gasteiger partial charge is 0.312 e. The lowest BCUT2D eigenvalue weighted by atomic mass is 10.3. The molecule has 0 aromatic heterocycles. The van der Waals surface area contributed by atoms with Gasteiger partial charge in [0.1, 0.15) is 12.4 Å². The van der Waals surface area contributed by atoms with Gasteiger partial charge in [-0.25, -0.2) is 0 Å². The van der Waals surface area contributed by atoms with E-state index < -0.39 is 11.8 Å². The van der Waals surface area contributed by atoms with Crippen LogP contribution in [0.25, 0.3) is 0 Å². The normalized spacial score (nSPS) is 15.7. The lowest BCUT2D eigenvalue weighted by Crippen LogP contribution is -2.54. The van der Waals surface area contributed by atoms with Crippen molar-refractivity contribution in [3.05, 3.63) is 29.3 Å². The summed E-state index contributed by atoms with van der Waals surface area (Å²) in [6.07, 6.45) is 0. The largest absolute Gasteiger partial charge is 0.490 e. The number of ether oxygens (including phenoxy) is 1. The Morgan fingerprint density at radius 1 is 1.15 bits per heavy atom. The van der Waals surface area contributed by atoms with Gasteiger partial charge in [-0.1, -0.05) is 23.7 Å². The minimum absolute atomic E-state index is 0.314. The summed E-state index contributed by atoms with van der Waals surface area (Å²) in [6, 6.07) is 7.16. The van der Waals surface area contributed by atoms with Crippen molar-refractivity contribution in [1.82, 2.24) is 9.80 Å². The van der Waals surface area contributed by atoms with Crippen LogP contribution in [-0.4, -0.2) is 54.4 Å². The van der Waals surface area contributed by atoms with Crippen molar-refractivity contribution in [2.75, 3.05) is 32.8 Å². The molecule has 0 atom stereocenters. The van der Waals surface area contributed by atoms with Gasteiger partial charge in [0.2, 0.25) is 0 Å². The van der Waals surface area contributed by atoms with Crippen molar-refractivity contribution in [3.63, 3.8) is 0 Å². The predicted molar refractivity (Wildman–Crippen MR) is 75.8 cm³/mol. The van der Waals surface area contributed by atoms with Gasteiger partial charge in [-0.3, -0.25) is 9.59 Å². The van der Waals surface area contributed by atoms with Gasteiger partial charge in [-0.05, 0) is 19.1 Å². The molecule has 20 heavy (non-hydrogen) atoms. The van der Waals surface area contributed by atoms with Crippen LogP contribution in [0.5, 0.6) is 5.75 Å². The molecule has 1 saturated heterocycles. The average Bonchev–Trinajstić information content (AvgIpc) is 2.46. The topological polar surface area (TPSA) is 49.9 Å². The Bertz CT molecular complexity index is 507. The van der Waals surface area contributed by atoms with Gasteiger partial charge < -0.3 is 14.5 Å². The zero-order chi connectivity index (χ0) is 14.5. The van der Waals surface area contributed by atoms with Gasteiger partial charge in [-0.2, -0.15) is 0 Å². The maximum absolute atomic E-state index is 11.9. The molecular weight excluding hydrogens is 280 g/mol. The van der Waals surface area contributed by atoms with Crippen molar-refractivity contribution >= 4 is 23.4 Å². The Balaban J connectivity index is 1.85. The van der Waals surface area contributed by atoms with Crippen molar-refractivity contribution in [1.29, 1.82) is 0 Å². The first-order valence-corrected chi connectivity index (χ1v) is 6.96. The number of carbonyl (C=O) groups is 2. The number of nitrogens with zero attached hydrogens (tertiary/aromatic N) is 2. The molecule has 0 spiro atoms. The fourth-order valence-corrected chi connectivity index (χ4v) is 2.25. The quantitative estimate of drug-likeness (QED) is 0.772. The standard InChI is InChI=1S/C14H17ClN2O3/c1-2-16-7-8-17(14(19)13(16)18)9-10-20-12-6-4-3-5-11(12)15/h3-6H,2,7-10H2,1H3. The number of likely N-dealkylation sites (N-methyl/N-ethyl adjacent to an activating group) is 1. The van der Waals surface area contributed by atoms with Gasteiger partial charge in [0.25, 0.3) is 0 Å². The highest BCUT2D eigenvalue weighted by atomic mass is 35.5. The molecule has 1 fully saturated rings. The Morgan fingerprint density at radius 2 is 1.80 bits per heavy atom. The first kappa shape index (κ1) is 14.7. The molecule has 0 radical (unpaired) electrons. The number of hydrogen-bond donors (Lipinski definition) is 0. The van der Waals surface area contributed by atoms with E-state index in [2.05, 4.69) is 0 Å².